The molecule has 3 atom stereocenters. The van der Waals surface area contributed by atoms with E-state index in [0.717, 1.165) is 19.6 Å². The lowest BCUT2D eigenvalue weighted by atomic mass is 9.84. The summed E-state index contributed by atoms with van der Waals surface area (Å²) in [6.45, 7) is 7.14. The minimum Gasteiger partial charge on any atom is -0.344 e. The Morgan fingerprint density at radius 2 is 2.17 bits per heavy atom. The number of carbonyl (C=O) groups excluding carboxylic acids is 2. The van der Waals surface area contributed by atoms with Crippen molar-refractivity contribution in [2.45, 2.75) is 38.3 Å². The Kier molecular flexibility index (Phi) is 2.62. The van der Waals surface area contributed by atoms with Crippen LogP contribution in [0.5, 0.6) is 0 Å². The van der Waals surface area contributed by atoms with Gasteiger partial charge in [0.15, 0.2) is 0 Å². The Morgan fingerprint density at radius 1 is 1.39 bits per heavy atom. The zero-order valence-electron chi connectivity index (χ0n) is 11.0. The van der Waals surface area contributed by atoms with Crippen molar-refractivity contribution in [2.24, 2.45) is 11.8 Å². The molecular weight excluding hydrogens is 230 g/mol. The van der Waals surface area contributed by atoms with Gasteiger partial charge in [-0.15, -0.1) is 0 Å². The number of amides is 2. The largest absolute Gasteiger partial charge is 0.344 e. The maximum absolute atomic E-state index is 12.5. The maximum atomic E-state index is 12.5. The lowest BCUT2D eigenvalue weighted by Crippen LogP contribution is -2.53. The molecule has 0 bridgehead atoms. The molecule has 3 saturated heterocycles. The number of nitrogens with one attached hydrogen (secondary N) is 2. The molecule has 0 aromatic heterocycles. The van der Waals surface area contributed by atoms with Crippen LogP contribution in [-0.2, 0) is 9.59 Å². The molecule has 0 aliphatic carbocycles. The van der Waals surface area contributed by atoms with Gasteiger partial charge in [0.2, 0.25) is 11.8 Å². The van der Waals surface area contributed by atoms with E-state index >= 15 is 0 Å². The molecule has 5 heteroatoms. The van der Waals surface area contributed by atoms with Gasteiger partial charge >= 0.3 is 0 Å². The summed E-state index contributed by atoms with van der Waals surface area (Å²) in [7, 11) is 0. The number of fused-ring (bicyclic) bond motifs is 1. The van der Waals surface area contributed by atoms with Crippen molar-refractivity contribution in [3.8, 4) is 0 Å². The molecule has 0 saturated carbocycles. The molecule has 3 aliphatic heterocycles. The minimum atomic E-state index is -0.288. The van der Waals surface area contributed by atoms with Crippen molar-refractivity contribution < 1.29 is 9.59 Å². The van der Waals surface area contributed by atoms with E-state index in [0.29, 0.717) is 24.7 Å². The lowest BCUT2D eigenvalue weighted by molar-refractivity contribution is -0.138. The molecule has 2 amide bonds. The Hall–Kier alpha value is -1.10. The van der Waals surface area contributed by atoms with Gasteiger partial charge in [0, 0.05) is 31.6 Å². The van der Waals surface area contributed by atoms with Gasteiger partial charge in [-0.05, 0) is 32.1 Å². The Bertz CT molecular complexity index is 394. The molecular formula is C13H21N3O2. The predicted molar refractivity (Wildman–Crippen MR) is 66.8 cm³/mol. The molecule has 0 aromatic rings. The Morgan fingerprint density at radius 3 is 2.78 bits per heavy atom. The fraction of sp³-hybridized carbons (Fsp3) is 0.846. The monoisotopic (exact) mass is 251 g/mol. The zero-order valence-corrected chi connectivity index (χ0v) is 11.0. The summed E-state index contributed by atoms with van der Waals surface area (Å²) in [5.41, 5.74) is -0.0986. The van der Waals surface area contributed by atoms with Gasteiger partial charge in [0.1, 0.15) is 6.04 Å². The summed E-state index contributed by atoms with van der Waals surface area (Å²) in [5.74, 6) is 1.23. The SMILES string of the molecule is CC1(C)C2CNCC2CN1C(=O)[C@@H]1CCC(=O)N1. The van der Waals surface area contributed by atoms with Crippen molar-refractivity contribution in [3.05, 3.63) is 0 Å². The molecule has 18 heavy (non-hydrogen) atoms. The van der Waals surface area contributed by atoms with E-state index in [1.54, 1.807) is 0 Å². The number of likely N-dealkylation sites (tertiary alicyclic amines) is 1. The van der Waals surface area contributed by atoms with Gasteiger partial charge in [-0.1, -0.05) is 0 Å². The fourth-order valence-corrected chi connectivity index (χ4v) is 3.78. The normalized spacial score (nSPS) is 37.8. The summed E-state index contributed by atoms with van der Waals surface area (Å²) in [4.78, 5) is 25.8. The third-order valence-electron chi connectivity index (χ3n) is 4.92. The van der Waals surface area contributed by atoms with Crippen LogP contribution in [0.4, 0.5) is 0 Å². The van der Waals surface area contributed by atoms with Crippen molar-refractivity contribution in [3.63, 3.8) is 0 Å². The summed E-state index contributed by atoms with van der Waals surface area (Å²) in [5, 5.41) is 6.20. The number of hydrogen-bond acceptors (Lipinski definition) is 3. The number of carbonyl (C=O) groups is 2. The van der Waals surface area contributed by atoms with Crippen molar-refractivity contribution in [1.82, 2.24) is 15.5 Å². The minimum absolute atomic E-state index is 0.00668. The Labute approximate surface area is 107 Å². The van der Waals surface area contributed by atoms with Crippen molar-refractivity contribution >= 4 is 11.8 Å². The van der Waals surface area contributed by atoms with Gasteiger partial charge < -0.3 is 15.5 Å². The molecule has 0 spiro atoms. The number of rotatable bonds is 1. The Balaban J connectivity index is 1.76. The smallest absolute Gasteiger partial charge is 0.245 e. The number of hydrogen-bond donors (Lipinski definition) is 2. The van der Waals surface area contributed by atoms with E-state index in [4.69, 9.17) is 0 Å². The maximum Gasteiger partial charge on any atom is 0.245 e. The van der Waals surface area contributed by atoms with Gasteiger partial charge in [0.05, 0.1) is 0 Å². The van der Waals surface area contributed by atoms with E-state index in [-0.39, 0.29) is 23.4 Å². The standard InChI is InChI=1S/C13H21N3O2/c1-13(2)9-6-14-5-8(9)7-16(13)12(18)10-3-4-11(17)15-10/h8-10,14H,3-7H2,1-2H3,(H,15,17)/t8?,9?,10-/m0/s1. The van der Waals surface area contributed by atoms with Gasteiger partial charge in [-0.2, -0.15) is 0 Å². The molecule has 5 nitrogen and oxygen atoms in total. The van der Waals surface area contributed by atoms with Crippen LogP contribution in [0.2, 0.25) is 0 Å². The second kappa shape index (κ2) is 3.95. The van der Waals surface area contributed by atoms with Crippen LogP contribution in [0.1, 0.15) is 26.7 Å². The summed E-state index contributed by atoms with van der Waals surface area (Å²) >= 11 is 0. The van der Waals surface area contributed by atoms with E-state index in [1.165, 1.54) is 0 Å². The molecule has 100 valence electrons. The average Bonchev–Trinajstić information content (AvgIpc) is 2.96. The van der Waals surface area contributed by atoms with Crippen LogP contribution in [0, 0.1) is 11.8 Å². The number of nitrogens with zero attached hydrogens (tertiary/aromatic N) is 1. The summed E-state index contributed by atoms with van der Waals surface area (Å²) in [6, 6.07) is -0.288. The van der Waals surface area contributed by atoms with Crippen LogP contribution in [0.3, 0.4) is 0 Å². The zero-order chi connectivity index (χ0) is 12.9. The molecule has 3 aliphatic rings. The van der Waals surface area contributed by atoms with Crippen molar-refractivity contribution in [2.75, 3.05) is 19.6 Å². The average molecular weight is 251 g/mol. The third-order valence-corrected chi connectivity index (χ3v) is 4.92. The molecule has 3 fully saturated rings. The van der Waals surface area contributed by atoms with Gasteiger partial charge in [0.25, 0.3) is 0 Å². The van der Waals surface area contributed by atoms with Gasteiger partial charge in [-0.25, -0.2) is 0 Å². The lowest BCUT2D eigenvalue weighted by Gasteiger charge is -2.37. The van der Waals surface area contributed by atoms with Crippen LogP contribution in [0.25, 0.3) is 0 Å². The van der Waals surface area contributed by atoms with E-state index in [2.05, 4.69) is 24.5 Å². The van der Waals surface area contributed by atoms with E-state index < -0.39 is 0 Å². The van der Waals surface area contributed by atoms with Gasteiger partial charge in [-0.3, -0.25) is 9.59 Å². The second-order valence-corrected chi connectivity index (χ2v) is 6.29. The topological polar surface area (TPSA) is 61.4 Å². The summed E-state index contributed by atoms with van der Waals surface area (Å²) < 4.78 is 0. The van der Waals surface area contributed by atoms with Crippen LogP contribution in [-0.4, -0.2) is 47.9 Å². The second-order valence-electron chi connectivity index (χ2n) is 6.29. The molecule has 3 heterocycles. The van der Waals surface area contributed by atoms with E-state index in [1.807, 2.05) is 4.90 Å². The fourth-order valence-electron chi connectivity index (χ4n) is 3.78. The van der Waals surface area contributed by atoms with Crippen molar-refractivity contribution in [1.29, 1.82) is 0 Å². The van der Waals surface area contributed by atoms with Crippen LogP contribution < -0.4 is 10.6 Å². The first-order valence-corrected chi connectivity index (χ1v) is 6.81. The highest BCUT2D eigenvalue weighted by Gasteiger charge is 2.52. The molecule has 2 unspecified atom stereocenters. The first-order valence-electron chi connectivity index (χ1n) is 6.81. The predicted octanol–water partition coefficient (Wildman–Crippen LogP) is -0.279. The quantitative estimate of drug-likeness (QED) is 0.674. The van der Waals surface area contributed by atoms with E-state index in [9.17, 15) is 9.59 Å². The summed E-state index contributed by atoms with van der Waals surface area (Å²) in [6.07, 6.45) is 1.14. The first kappa shape index (κ1) is 12.0. The highest BCUT2D eigenvalue weighted by Crippen LogP contribution is 2.41. The first-order chi connectivity index (χ1) is 8.50. The highest BCUT2D eigenvalue weighted by atomic mass is 16.2. The molecule has 0 aromatic carbocycles. The van der Waals surface area contributed by atoms with Crippen LogP contribution in [0.15, 0.2) is 0 Å². The molecule has 0 radical (unpaired) electrons. The molecule has 3 rings (SSSR count). The molecule has 2 N–H and O–H groups in total. The van der Waals surface area contributed by atoms with Crippen LogP contribution >= 0.6 is 0 Å². The highest BCUT2D eigenvalue weighted by molar-refractivity contribution is 5.91. The third kappa shape index (κ3) is 1.64.